The van der Waals surface area contributed by atoms with Crippen molar-refractivity contribution in [1.29, 1.82) is 10.9 Å². The fourth-order valence-electron chi connectivity index (χ4n) is 2.50. The fraction of sp³-hybridized carbons (Fsp3) is 0.500. The number of aliphatic hydroxyl groups is 3. The minimum absolute atomic E-state index is 0.0212. The summed E-state index contributed by atoms with van der Waals surface area (Å²) < 4.78 is 5.41. The first kappa shape index (κ1) is 16.7. The maximum Gasteiger partial charge on any atom is 0.343 e. The zero-order valence-corrected chi connectivity index (χ0v) is 12.4. The zero-order chi connectivity index (χ0) is 18.1. The van der Waals surface area contributed by atoms with Gasteiger partial charge >= 0.3 is 11.0 Å². The second-order valence-corrected chi connectivity index (χ2v) is 4.98. The van der Waals surface area contributed by atoms with Gasteiger partial charge in [-0.15, -0.1) is 0 Å². The molecule has 15 nitrogen and oxygen atoms in total. The molecule has 0 aromatic rings. The number of fused-ring (bicyclic) bond motifs is 1. The summed E-state index contributed by atoms with van der Waals surface area (Å²) in [7, 11) is 0. The molecule has 3 heterocycles. The first-order chi connectivity index (χ1) is 12.0. The largest absolute Gasteiger partial charge is 0.394 e. The molecule has 4 atom stereocenters. The maximum absolute atomic E-state index is 10.2. The molecule has 0 unspecified atom stereocenters. The summed E-state index contributed by atoms with van der Waals surface area (Å²) in [4.78, 5) is 12.9. The highest BCUT2D eigenvalue weighted by atomic mass is 16.6. The average molecular weight is 350 g/mol. The normalized spacial score (nSPS) is 34.5. The van der Waals surface area contributed by atoms with Gasteiger partial charge in [-0.1, -0.05) is 5.10 Å². The summed E-state index contributed by atoms with van der Waals surface area (Å²) >= 11 is 0. The summed E-state index contributed by atoms with van der Waals surface area (Å²) in [6.07, 6.45) is -5.20. The number of hydrogen-bond acceptors (Lipinski definition) is 9. The Morgan fingerprint density at radius 3 is 2.68 bits per heavy atom. The van der Waals surface area contributed by atoms with Crippen molar-refractivity contribution in [3.8, 4) is 0 Å². The first-order valence-corrected chi connectivity index (χ1v) is 6.82. The summed E-state index contributed by atoms with van der Waals surface area (Å²) in [5, 5.41) is 50.3. The SMILES string of the molecule is N#[N+]N=C1N=C2C(N)=NC(=NN=N)N=C2N1[C@@H]1O[C@H](CO)[C@@H](O)[C@H]1O. The van der Waals surface area contributed by atoms with Crippen LogP contribution in [0.3, 0.4) is 0 Å². The number of rotatable bonds is 3. The monoisotopic (exact) mass is 350 g/mol. The molecule has 0 aliphatic carbocycles. The molecule has 130 valence electrons. The number of guanidine groups is 2. The number of amidine groups is 2. The van der Waals surface area contributed by atoms with Crippen LogP contribution < -0.4 is 5.73 Å². The Hall–Kier alpha value is -3.19. The zero-order valence-electron chi connectivity index (χ0n) is 12.4. The van der Waals surface area contributed by atoms with Crippen LogP contribution in [0.15, 0.2) is 30.4 Å². The lowest BCUT2D eigenvalue weighted by Gasteiger charge is -2.26. The Labute approximate surface area is 138 Å². The number of aliphatic imine (C=N–C) groups is 3. The molecule has 0 aromatic heterocycles. The Morgan fingerprint density at radius 2 is 2.08 bits per heavy atom. The van der Waals surface area contributed by atoms with Crippen molar-refractivity contribution in [1.82, 2.24) is 4.90 Å². The molecule has 3 rings (SSSR count). The van der Waals surface area contributed by atoms with Gasteiger partial charge in [0.1, 0.15) is 18.3 Å². The smallest absolute Gasteiger partial charge is 0.343 e. The van der Waals surface area contributed by atoms with Gasteiger partial charge in [-0.05, 0) is 5.22 Å². The van der Waals surface area contributed by atoms with Crippen LogP contribution >= 0.6 is 0 Å². The fourth-order valence-corrected chi connectivity index (χ4v) is 2.50. The number of ether oxygens (including phenoxy) is 1. The number of nitrogens with one attached hydrogen (secondary N) is 1. The van der Waals surface area contributed by atoms with Crippen molar-refractivity contribution < 1.29 is 20.1 Å². The van der Waals surface area contributed by atoms with Gasteiger partial charge in [0.25, 0.3) is 11.4 Å². The second-order valence-electron chi connectivity index (χ2n) is 4.98. The Kier molecular flexibility index (Phi) is 4.24. The Balaban J connectivity index is 2.06. The van der Waals surface area contributed by atoms with E-state index in [0.717, 1.165) is 4.90 Å². The van der Waals surface area contributed by atoms with Gasteiger partial charge in [0.15, 0.2) is 23.6 Å². The minimum Gasteiger partial charge on any atom is -0.394 e. The minimum atomic E-state index is -1.47. The summed E-state index contributed by atoms with van der Waals surface area (Å²) in [5.74, 6) is -0.673. The van der Waals surface area contributed by atoms with E-state index in [1.807, 2.05) is 0 Å². The van der Waals surface area contributed by atoms with Crippen LogP contribution in [0, 0.1) is 10.9 Å². The highest BCUT2D eigenvalue weighted by Crippen LogP contribution is 2.28. The van der Waals surface area contributed by atoms with Crippen LogP contribution in [0.2, 0.25) is 0 Å². The van der Waals surface area contributed by atoms with Gasteiger partial charge in [0, 0.05) is 0 Å². The molecule has 0 amide bonds. The molecular weight excluding hydrogens is 338 g/mol. The maximum atomic E-state index is 10.2. The van der Waals surface area contributed by atoms with Crippen molar-refractivity contribution in [2.24, 2.45) is 36.1 Å². The van der Waals surface area contributed by atoms with Crippen LogP contribution in [-0.4, -0.2) is 80.7 Å². The van der Waals surface area contributed by atoms with Crippen LogP contribution in [0.4, 0.5) is 0 Å². The highest BCUT2D eigenvalue weighted by Gasteiger charge is 2.51. The van der Waals surface area contributed by atoms with E-state index in [1.165, 1.54) is 0 Å². The average Bonchev–Trinajstić information content (AvgIpc) is 3.07. The van der Waals surface area contributed by atoms with Gasteiger partial charge in [-0.25, -0.2) is 0 Å². The standard InChI is InChI=1S/C10H12N11O4/c11-6-3-7(16-9(15-6)17-19-12)21(10(14-3)18-20-13)8-5(24)4(23)2(1-22)25-8/h2,4-5,8,22-24H,1H2,(H3,11,12,15,17)/q+1/t2-,4-,5-,8-/m1/s1. The van der Waals surface area contributed by atoms with Crippen LogP contribution in [0.25, 0.3) is 5.08 Å². The third kappa shape index (κ3) is 2.64. The quantitative estimate of drug-likeness (QED) is 0.206. The lowest BCUT2D eigenvalue weighted by molar-refractivity contribution is -0.0519. The summed E-state index contributed by atoms with van der Waals surface area (Å²) in [6.45, 7) is -0.548. The number of nitrogens with zero attached hydrogens (tertiary/aromatic N) is 9. The van der Waals surface area contributed by atoms with Crippen molar-refractivity contribution in [2.75, 3.05) is 6.61 Å². The van der Waals surface area contributed by atoms with Crippen molar-refractivity contribution >= 4 is 29.3 Å². The topological polar surface area (TPSA) is 225 Å². The number of aliphatic hydroxyl groups excluding tert-OH is 3. The van der Waals surface area contributed by atoms with Gasteiger partial charge in [0.05, 0.1) is 6.61 Å². The van der Waals surface area contributed by atoms with Crippen LogP contribution in [0.5, 0.6) is 0 Å². The molecule has 1 saturated heterocycles. The van der Waals surface area contributed by atoms with E-state index in [9.17, 15) is 15.3 Å². The summed E-state index contributed by atoms with van der Waals surface area (Å²) in [6, 6.07) is 0. The molecule has 0 bridgehead atoms. The molecule has 25 heavy (non-hydrogen) atoms. The number of diazo groups is 1. The third-order valence-electron chi connectivity index (χ3n) is 3.58. The molecule has 15 heteroatoms. The number of nitrogens with two attached hydrogens (primary N) is 1. The lowest BCUT2D eigenvalue weighted by Crippen LogP contribution is -2.51. The molecule has 3 aliphatic rings. The van der Waals surface area contributed by atoms with Gasteiger partial charge in [-0.3, -0.25) is 4.90 Å². The van der Waals surface area contributed by atoms with E-state index >= 15 is 0 Å². The molecule has 6 N–H and O–H groups in total. The predicted molar refractivity (Wildman–Crippen MR) is 81.2 cm³/mol. The van der Waals surface area contributed by atoms with Crippen LogP contribution in [0.1, 0.15) is 0 Å². The molecule has 3 aliphatic heterocycles. The molecule has 0 saturated carbocycles. The second kappa shape index (κ2) is 6.37. The van der Waals surface area contributed by atoms with E-state index in [-0.39, 0.29) is 29.3 Å². The van der Waals surface area contributed by atoms with Gasteiger partial charge in [-0.2, -0.15) is 20.5 Å². The van der Waals surface area contributed by atoms with E-state index in [1.54, 1.807) is 0 Å². The molecular formula is C10H12N11O4+. The molecule has 0 aromatic carbocycles. The molecule has 1 fully saturated rings. The van der Waals surface area contributed by atoms with Crippen LogP contribution in [-0.2, 0) is 4.74 Å². The van der Waals surface area contributed by atoms with E-state index in [0.29, 0.717) is 0 Å². The van der Waals surface area contributed by atoms with E-state index in [2.05, 4.69) is 35.5 Å². The Morgan fingerprint density at radius 1 is 1.32 bits per heavy atom. The van der Waals surface area contributed by atoms with Gasteiger partial charge < -0.3 is 25.8 Å². The van der Waals surface area contributed by atoms with Gasteiger partial charge in [0.2, 0.25) is 5.10 Å². The number of hydrogen-bond donors (Lipinski definition) is 5. The molecule has 0 spiro atoms. The first-order valence-electron chi connectivity index (χ1n) is 6.82. The predicted octanol–water partition coefficient (Wildman–Crippen LogP) is -2.62. The third-order valence-corrected chi connectivity index (χ3v) is 3.58. The summed E-state index contributed by atoms with van der Waals surface area (Å²) in [5.41, 5.74) is 12.5. The van der Waals surface area contributed by atoms with Crippen molar-refractivity contribution in [3.63, 3.8) is 0 Å². The lowest BCUT2D eigenvalue weighted by atomic mass is 10.1. The van der Waals surface area contributed by atoms with E-state index < -0.39 is 31.1 Å². The van der Waals surface area contributed by atoms with E-state index in [4.69, 9.17) is 21.4 Å². The molecule has 0 radical (unpaired) electrons. The highest BCUT2D eigenvalue weighted by molar-refractivity contribution is 6.73. The van der Waals surface area contributed by atoms with Crippen molar-refractivity contribution in [3.05, 3.63) is 5.08 Å². The van der Waals surface area contributed by atoms with Crippen molar-refractivity contribution in [2.45, 2.75) is 24.5 Å². The Bertz CT molecular complexity index is 793.